The molecule has 1 heterocycles. The van der Waals surface area contributed by atoms with Crippen LogP contribution in [0.3, 0.4) is 0 Å². The number of nitrogens with zero attached hydrogens (tertiary/aromatic N) is 1. The fourth-order valence-electron chi connectivity index (χ4n) is 1.02. The molecular weight excluding hydrogens is 152 g/mol. The van der Waals surface area contributed by atoms with Crippen molar-refractivity contribution in [1.29, 1.82) is 0 Å². The van der Waals surface area contributed by atoms with Gasteiger partial charge in [-0.1, -0.05) is 0 Å². The largest absolute Gasteiger partial charge is 0.367 e. The fourth-order valence-corrected chi connectivity index (χ4v) is 1.02. The molecule has 1 aromatic heterocycles. The summed E-state index contributed by atoms with van der Waals surface area (Å²) in [4.78, 5) is 14.5. The maximum atomic E-state index is 10.4. The summed E-state index contributed by atoms with van der Waals surface area (Å²) in [6, 6.07) is 3.97. The number of pyridine rings is 1. The molecule has 1 aromatic rings. The van der Waals surface area contributed by atoms with Crippen LogP contribution in [0, 0.1) is 0 Å². The molecule has 0 aromatic carbocycles. The van der Waals surface area contributed by atoms with E-state index in [0.717, 1.165) is 0 Å². The zero-order valence-electron chi connectivity index (χ0n) is 6.58. The van der Waals surface area contributed by atoms with E-state index >= 15 is 0 Å². The summed E-state index contributed by atoms with van der Waals surface area (Å²) in [5.74, 6) is 0.662. The van der Waals surface area contributed by atoms with Gasteiger partial charge in [0.1, 0.15) is 5.82 Å². The number of rotatable bonds is 3. The first-order valence-electron chi connectivity index (χ1n) is 4.00. The number of hydrogen-bond donors (Lipinski definition) is 1. The van der Waals surface area contributed by atoms with Crippen molar-refractivity contribution >= 4 is 12.1 Å². The van der Waals surface area contributed by atoms with Crippen molar-refractivity contribution in [1.82, 2.24) is 4.98 Å². The summed E-state index contributed by atoms with van der Waals surface area (Å²) >= 11 is 0. The fraction of sp³-hybridized carbons (Fsp3) is 0.333. The Bertz CT molecular complexity index is 294. The van der Waals surface area contributed by atoms with Gasteiger partial charge in [0.2, 0.25) is 6.29 Å². The van der Waals surface area contributed by atoms with Crippen molar-refractivity contribution in [3.05, 3.63) is 23.9 Å². The van der Waals surface area contributed by atoms with Gasteiger partial charge in [-0.25, -0.2) is 4.98 Å². The SMILES string of the molecule is O=[C]c1cccnc1NC1CC1. The Labute approximate surface area is 70.8 Å². The summed E-state index contributed by atoms with van der Waals surface area (Å²) in [5, 5.41) is 3.16. The average Bonchev–Trinajstić information content (AvgIpc) is 2.89. The molecule has 0 atom stereocenters. The van der Waals surface area contributed by atoms with Gasteiger partial charge in [0.25, 0.3) is 0 Å². The Hall–Kier alpha value is -1.38. The topological polar surface area (TPSA) is 42.0 Å². The number of nitrogens with one attached hydrogen (secondary N) is 1. The average molecular weight is 161 g/mol. The van der Waals surface area contributed by atoms with E-state index < -0.39 is 0 Å². The van der Waals surface area contributed by atoms with Crippen molar-refractivity contribution < 1.29 is 4.79 Å². The molecule has 1 aliphatic carbocycles. The van der Waals surface area contributed by atoms with Gasteiger partial charge in [-0.05, 0) is 25.0 Å². The molecule has 2 rings (SSSR count). The Morgan fingerprint density at radius 2 is 2.42 bits per heavy atom. The Morgan fingerprint density at radius 1 is 1.58 bits per heavy atom. The second kappa shape index (κ2) is 2.93. The smallest absolute Gasteiger partial charge is 0.237 e. The molecule has 1 radical (unpaired) electrons. The summed E-state index contributed by atoms with van der Waals surface area (Å²) in [5.41, 5.74) is 0.518. The van der Waals surface area contributed by atoms with Crippen LogP contribution in [-0.4, -0.2) is 17.3 Å². The zero-order valence-corrected chi connectivity index (χ0v) is 6.58. The van der Waals surface area contributed by atoms with Crippen molar-refractivity contribution in [3.8, 4) is 0 Å². The highest BCUT2D eigenvalue weighted by molar-refractivity contribution is 5.82. The number of aromatic nitrogens is 1. The van der Waals surface area contributed by atoms with E-state index in [4.69, 9.17) is 0 Å². The van der Waals surface area contributed by atoms with Gasteiger partial charge < -0.3 is 5.32 Å². The van der Waals surface area contributed by atoms with Gasteiger partial charge >= 0.3 is 0 Å². The normalized spacial score (nSPS) is 15.7. The molecule has 0 saturated heterocycles. The minimum absolute atomic E-state index is 0.518. The van der Waals surface area contributed by atoms with E-state index in [1.165, 1.54) is 12.8 Å². The van der Waals surface area contributed by atoms with Gasteiger partial charge in [-0.15, -0.1) is 0 Å². The van der Waals surface area contributed by atoms with Gasteiger partial charge in [0.05, 0.1) is 5.56 Å². The molecule has 12 heavy (non-hydrogen) atoms. The highest BCUT2D eigenvalue weighted by Crippen LogP contribution is 2.24. The minimum Gasteiger partial charge on any atom is -0.367 e. The van der Waals surface area contributed by atoms with Gasteiger partial charge in [-0.2, -0.15) is 0 Å². The van der Waals surface area contributed by atoms with Crippen LogP contribution in [0.2, 0.25) is 0 Å². The molecule has 0 amide bonds. The lowest BCUT2D eigenvalue weighted by atomic mass is 10.3. The third kappa shape index (κ3) is 1.44. The second-order valence-electron chi connectivity index (χ2n) is 2.92. The lowest BCUT2D eigenvalue weighted by Gasteiger charge is -2.03. The van der Waals surface area contributed by atoms with E-state index in [9.17, 15) is 4.79 Å². The Morgan fingerprint density at radius 3 is 3.08 bits per heavy atom. The van der Waals surface area contributed by atoms with E-state index in [0.29, 0.717) is 17.4 Å². The highest BCUT2D eigenvalue weighted by Gasteiger charge is 2.22. The van der Waals surface area contributed by atoms with E-state index in [2.05, 4.69) is 10.3 Å². The molecule has 1 saturated carbocycles. The second-order valence-corrected chi connectivity index (χ2v) is 2.92. The summed E-state index contributed by atoms with van der Waals surface area (Å²) in [6.07, 6.45) is 5.88. The molecule has 0 spiro atoms. The number of anilines is 1. The van der Waals surface area contributed by atoms with Crippen LogP contribution in [0.15, 0.2) is 18.3 Å². The molecule has 0 aliphatic heterocycles. The van der Waals surface area contributed by atoms with Gasteiger partial charge in [-0.3, -0.25) is 4.79 Å². The minimum atomic E-state index is 0.518. The highest BCUT2D eigenvalue weighted by atomic mass is 16.1. The van der Waals surface area contributed by atoms with Crippen LogP contribution in [0.1, 0.15) is 18.4 Å². The maximum Gasteiger partial charge on any atom is 0.237 e. The molecule has 61 valence electrons. The molecule has 1 aliphatic rings. The van der Waals surface area contributed by atoms with Crippen LogP contribution in [0.25, 0.3) is 0 Å². The summed E-state index contributed by atoms with van der Waals surface area (Å²) in [7, 11) is 0. The number of hydrogen-bond acceptors (Lipinski definition) is 3. The molecule has 3 nitrogen and oxygen atoms in total. The first-order chi connectivity index (χ1) is 5.90. The summed E-state index contributed by atoms with van der Waals surface area (Å²) in [6.45, 7) is 0. The predicted molar refractivity (Wildman–Crippen MR) is 45.7 cm³/mol. The third-order valence-corrected chi connectivity index (χ3v) is 1.84. The van der Waals surface area contributed by atoms with Crippen molar-refractivity contribution in [2.45, 2.75) is 18.9 Å². The van der Waals surface area contributed by atoms with Crippen LogP contribution in [-0.2, 0) is 4.79 Å². The standard InChI is InChI=1S/C9H9N2O/c12-6-7-2-1-5-10-9(7)11-8-3-4-8/h1-2,5,8H,3-4H2,(H,10,11). The molecule has 1 N–H and O–H groups in total. The third-order valence-electron chi connectivity index (χ3n) is 1.84. The molecule has 1 fully saturated rings. The van der Waals surface area contributed by atoms with E-state index in [-0.39, 0.29) is 0 Å². The van der Waals surface area contributed by atoms with Crippen LogP contribution in [0.5, 0.6) is 0 Å². The lowest BCUT2D eigenvalue weighted by molar-refractivity contribution is 0.562. The maximum absolute atomic E-state index is 10.4. The molecule has 3 heteroatoms. The van der Waals surface area contributed by atoms with Gasteiger partial charge in [0.15, 0.2) is 0 Å². The molecule has 0 unspecified atom stereocenters. The van der Waals surface area contributed by atoms with Crippen LogP contribution in [0.4, 0.5) is 5.82 Å². The van der Waals surface area contributed by atoms with Crippen LogP contribution < -0.4 is 5.32 Å². The molecular formula is C9H9N2O. The van der Waals surface area contributed by atoms with E-state index in [1.807, 2.05) is 6.29 Å². The van der Waals surface area contributed by atoms with Gasteiger partial charge in [0, 0.05) is 12.2 Å². The summed E-state index contributed by atoms with van der Waals surface area (Å²) < 4.78 is 0. The first kappa shape index (κ1) is 7.28. The monoisotopic (exact) mass is 161 g/mol. The van der Waals surface area contributed by atoms with Crippen molar-refractivity contribution in [2.75, 3.05) is 5.32 Å². The Balaban J connectivity index is 2.20. The van der Waals surface area contributed by atoms with E-state index in [1.54, 1.807) is 18.3 Å². The zero-order chi connectivity index (χ0) is 8.39. The molecule has 0 bridgehead atoms. The van der Waals surface area contributed by atoms with Crippen molar-refractivity contribution in [3.63, 3.8) is 0 Å². The van der Waals surface area contributed by atoms with Crippen LogP contribution >= 0.6 is 0 Å². The predicted octanol–water partition coefficient (Wildman–Crippen LogP) is 1.11. The Kier molecular flexibility index (Phi) is 1.78. The quantitative estimate of drug-likeness (QED) is 0.722. The first-order valence-corrected chi connectivity index (χ1v) is 4.00. The number of carbonyl (C=O) groups excluding carboxylic acids is 1. The van der Waals surface area contributed by atoms with Crippen molar-refractivity contribution in [2.24, 2.45) is 0 Å². The lowest BCUT2D eigenvalue weighted by Crippen LogP contribution is -2.05.